The normalized spacial score (nSPS) is 18.5. The zero-order valence-electron chi connectivity index (χ0n) is 13.5. The predicted molar refractivity (Wildman–Crippen MR) is 91.6 cm³/mol. The number of rotatable bonds is 5. The van der Waals surface area contributed by atoms with Gasteiger partial charge in [0.2, 0.25) is 5.95 Å². The number of nitrogens with zero attached hydrogens (tertiary/aromatic N) is 3. The fourth-order valence-electron chi connectivity index (χ4n) is 2.53. The summed E-state index contributed by atoms with van der Waals surface area (Å²) in [6, 6.07) is 6.61. The smallest absolute Gasteiger partial charge is 0.339 e. The molecule has 2 aromatic rings. The predicted octanol–water partition coefficient (Wildman–Crippen LogP) is 1.00. The van der Waals surface area contributed by atoms with E-state index < -0.39 is 15.8 Å². The van der Waals surface area contributed by atoms with Crippen LogP contribution < -0.4 is 10.6 Å². The molecule has 0 bridgehead atoms. The van der Waals surface area contributed by atoms with E-state index in [-0.39, 0.29) is 23.5 Å². The van der Waals surface area contributed by atoms with E-state index >= 15 is 0 Å². The number of carbonyl (C=O) groups excluding carboxylic acids is 1. The van der Waals surface area contributed by atoms with E-state index in [0.29, 0.717) is 23.5 Å². The Bertz CT molecular complexity index is 887. The zero-order chi connectivity index (χ0) is 17.9. The lowest BCUT2D eigenvalue weighted by molar-refractivity contribution is 0.0602. The molecular weight excluding hydrogens is 346 g/mol. The molecule has 0 aliphatic carbocycles. The van der Waals surface area contributed by atoms with E-state index in [1.807, 2.05) is 0 Å². The highest BCUT2D eigenvalue weighted by Gasteiger charge is 2.28. The maximum absolute atomic E-state index is 11.8. The largest absolute Gasteiger partial charge is 0.465 e. The Morgan fingerprint density at radius 1 is 1.32 bits per heavy atom. The van der Waals surface area contributed by atoms with Crippen molar-refractivity contribution in [2.24, 2.45) is 0 Å². The van der Waals surface area contributed by atoms with Gasteiger partial charge in [-0.3, -0.25) is 0 Å². The van der Waals surface area contributed by atoms with Gasteiger partial charge < -0.3 is 15.4 Å². The number of aromatic nitrogens is 3. The van der Waals surface area contributed by atoms with Gasteiger partial charge in [-0.2, -0.15) is 10.1 Å². The van der Waals surface area contributed by atoms with Gasteiger partial charge in [0.25, 0.3) is 0 Å². The van der Waals surface area contributed by atoms with Crippen LogP contribution in [0.1, 0.15) is 16.8 Å². The molecule has 1 aliphatic rings. The highest BCUT2D eigenvalue weighted by atomic mass is 32.2. The number of hydrogen-bond acceptors (Lipinski definition) is 9. The van der Waals surface area contributed by atoms with Crippen LogP contribution >= 0.6 is 0 Å². The van der Waals surface area contributed by atoms with Crippen molar-refractivity contribution in [2.75, 3.05) is 29.2 Å². The maximum atomic E-state index is 11.8. The number of benzene rings is 1. The van der Waals surface area contributed by atoms with Gasteiger partial charge >= 0.3 is 5.97 Å². The summed E-state index contributed by atoms with van der Waals surface area (Å²) in [6.07, 6.45) is 1.92. The first-order valence-electron chi connectivity index (χ1n) is 7.58. The molecule has 10 heteroatoms. The van der Waals surface area contributed by atoms with Crippen molar-refractivity contribution in [1.82, 2.24) is 15.2 Å². The first-order valence-corrected chi connectivity index (χ1v) is 9.40. The highest BCUT2D eigenvalue weighted by molar-refractivity contribution is 7.91. The van der Waals surface area contributed by atoms with E-state index in [2.05, 4.69) is 25.8 Å². The summed E-state index contributed by atoms with van der Waals surface area (Å²) < 4.78 is 27.8. The summed E-state index contributed by atoms with van der Waals surface area (Å²) >= 11 is 0. The van der Waals surface area contributed by atoms with Crippen molar-refractivity contribution in [2.45, 2.75) is 12.5 Å². The number of sulfone groups is 1. The van der Waals surface area contributed by atoms with E-state index in [9.17, 15) is 13.2 Å². The van der Waals surface area contributed by atoms with Crippen molar-refractivity contribution < 1.29 is 17.9 Å². The quantitative estimate of drug-likeness (QED) is 0.749. The molecule has 1 unspecified atom stereocenters. The van der Waals surface area contributed by atoms with Crippen LogP contribution in [0.3, 0.4) is 0 Å². The van der Waals surface area contributed by atoms with Gasteiger partial charge in [-0.1, -0.05) is 12.1 Å². The molecule has 0 saturated carbocycles. The molecule has 0 spiro atoms. The third kappa shape index (κ3) is 4.21. The molecule has 1 fully saturated rings. The van der Waals surface area contributed by atoms with Gasteiger partial charge in [0, 0.05) is 6.04 Å². The average molecular weight is 363 g/mol. The second kappa shape index (κ2) is 7.01. The molecular formula is C15H17N5O4S. The van der Waals surface area contributed by atoms with Gasteiger partial charge in [0.15, 0.2) is 15.7 Å². The fraction of sp³-hybridized carbons (Fsp3) is 0.333. The van der Waals surface area contributed by atoms with Crippen LogP contribution in [-0.2, 0) is 14.6 Å². The van der Waals surface area contributed by atoms with E-state index in [1.165, 1.54) is 13.3 Å². The second-order valence-electron chi connectivity index (χ2n) is 5.57. The van der Waals surface area contributed by atoms with Gasteiger partial charge in [0.05, 0.1) is 36.1 Å². The summed E-state index contributed by atoms with van der Waals surface area (Å²) in [5.74, 6) is 0.332. The lowest BCUT2D eigenvalue weighted by Gasteiger charge is -2.12. The lowest BCUT2D eigenvalue weighted by atomic mass is 10.2. The van der Waals surface area contributed by atoms with Gasteiger partial charge in [0.1, 0.15) is 0 Å². The molecule has 9 nitrogen and oxygen atoms in total. The molecule has 1 aromatic heterocycles. The highest BCUT2D eigenvalue weighted by Crippen LogP contribution is 2.21. The monoisotopic (exact) mass is 363 g/mol. The van der Waals surface area contributed by atoms with Crippen molar-refractivity contribution in [1.29, 1.82) is 0 Å². The number of esters is 1. The minimum Gasteiger partial charge on any atom is -0.465 e. The third-order valence-electron chi connectivity index (χ3n) is 3.72. The van der Waals surface area contributed by atoms with Crippen molar-refractivity contribution in [3.05, 3.63) is 36.0 Å². The Morgan fingerprint density at radius 3 is 2.84 bits per heavy atom. The van der Waals surface area contributed by atoms with Crippen molar-refractivity contribution >= 4 is 33.3 Å². The Hall–Kier alpha value is -2.75. The third-order valence-corrected chi connectivity index (χ3v) is 5.49. The minimum absolute atomic E-state index is 0.0548. The molecule has 0 amide bonds. The number of ether oxygens (including phenoxy) is 1. The molecule has 0 radical (unpaired) electrons. The molecule has 25 heavy (non-hydrogen) atoms. The number of methoxy groups -OCH3 is 1. The van der Waals surface area contributed by atoms with Crippen LogP contribution in [0.25, 0.3) is 0 Å². The summed E-state index contributed by atoms with van der Waals surface area (Å²) in [6.45, 7) is 0. The van der Waals surface area contributed by atoms with Gasteiger partial charge in [-0.05, 0) is 18.6 Å². The van der Waals surface area contributed by atoms with Crippen LogP contribution in [0, 0.1) is 0 Å². The number of para-hydroxylation sites is 1. The van der Waals surface area contributed by atoms with Crippen molar-refractivity contribution in [3.8, 4) is 0 Å². The standard InChI is InChI=1S/C15H17N5O4S/c1-24-14(21)11-4-2-3-5-12(11)18-13-8-16-20-15(19-13)17-10-6-7-25(22,23)9-10/h2-5,8,10H,6-7,9H2,1H3,(H2,17,18,19,20). The number of hydrogen-bond donors (Lipinski definition) is 2. The van der Waals surface area contributed by atoms with E-state index in [0.717, 1.165) is 0 Å². The van der Waals surface area contributed by atoms with Crippen LogP contribution in [0.2, 0.25) is 0 Å². The SMILES string of the molecule is COC(=O)c1ccccc1Nc1cnnc(NC2CCS(=O)(=O)C2)n1. The van der Waals surface area contributed by atoms with E-state index in [1.54, 1.807) is 24.3 Å². The summed E-state index contributed by atoms with van der Waals surface area (Å²) in [7, 11) is -1.69. The number of nitrogens with one attached hydrogen (secondary N) is 2. The Kier molecular flexibility index (Phi) is 4.79. The van der Waals surface area contributed by atoms with Gasteiger partial charge in [-0.15, -0.1) is 5.10 Å². The second-order valence-corrected chi connectivity index (χ2v) is 7.80. The van der Waals surface area contributed by atoms with E-state index in [4.69, 9.17) is 4.74 Å². The molecule has 1 saturated heterocycles. The molecule has 1 atom stereocenters. The minimum atomic E-state index is -3.00. The van der Waals surface area contributed by atoms with Crippen molar-refractivity contribution in [3.63, 3.8) is 0 Å². The summed E-state index contributed by atoms with van der Waals surface area (Å²) in [4.78, 5) is 16.1. The molecule has 3 rings (SSSR count). The zero-order valence-corrected chi connectivity index (χ0v) is 14.3. The molecule has 132 valence electrons. The Balaban J connectivity index is 1.76. The first-order chi connectivity index (χ1) is 12.0. The number of anilines is 3. The fourth-order valence-corrected chi connectivity index (χ4v) is 4.21. The number of carbonyl (C=O) groups is 1. The molecule has 1 aliphatic heterocycles. The molecule has 2 heterocycles. The molecule has 2 N–H and O–H groups in total. The maximum Gasteiger partial charge on any atom is 0.339 e. The van der Waals surface area contributed by atoms with Crippen LogP contribution in [-0.4, -0.2) is 54.2 Å². The molecule has 1 aromatic carbocycles. The summed E-state index contributed by atoms with van der Waals surface area (Å²) in [5.41, 5.74) is 0.879. The van der Waals surface area contributed by atoms with Crippen LogP contribution in [0.4, 0.5) is 17.5 Å². The average Bonchev–Trinajstić information content (AvgIpc) is 2.93. The van der Waals surface area contributed by atoms with Crippen LogP contribution in [0.5, 0.6) is 0 Å². The summed E-state index contributed by atoms with van der Waals surface area (Å²) in [5, 5.41) is 13.7. The van der Waals surface area contributed by atoms with Gasteiger partial charge in [-0.25, -0.2) is 13.2 Å². The van der Waals surface area contributed by atoms with Crippen LogP contribution in [0.15, 0.2) is 30.5 Å². The first kappa shape index (κ1) is 17.1. The Labute approximate surface area is 144 Å². The Morgan fingerprint density at radius 2 is 2.12 bits per heavy atom. The lowest BCUT2D eigenvalue weighted by Crippen LogP contribution is -2.22. The topological polar surface area (TPSA) is 123 Å².